The predicted molar refractivity (Wildman–Crippen MR) is 131 cm³/mol. The highest BCUT2D eigenvalue weighted by molar-refractivity contribution is 6.19. The van der Waals surface area contributed by atoms with E-state index in [2.05, 4.69) is 15.6 Å². The molecular formula is C26H24F6N4O3. The number of aliphatic imine (C=N–C) groups is 1. The van der Waals surface area contributed by atoms with Crippen molar-refractivity contribution in [3.63, 3.8) is 0 Å². The molecule has 2 aromatic carbocycles. The van der Waals surface area contributed by atoms with Crippen LogP contribution in [0.25, 0.3) is 0 Å². The molecule has 0 spiro atoms. The highest BCUT2D eigenvalue weighted by atomic mass is 19.4. The van der Waals surface area contributed by atoms with E-state index in [1.165, 1.54) is 0 Å². The summed E-state index contributed by atoms with van der Waals surface area (Å²) in [7, 11) is 0. The fraction of sp³-hybridized carbons (Fsp3) is 0.308. The van der Waals surface area contributed by atoms with Crippen molar-refractivity contribution in [1.29, 1.82) is 0 Å². The van der Waals surface area contributed by atoms with Crippen molar-refractivity contribution >= 4 is 29.1 Å². The zero-order valence-electron chi connectivity index (χ0n) is 20.3. The summed E-state index contributed by atoms with van der Waals surface area (Å²) in [5.74, 6) is -5.24. The highest BCUT2D eigenvalue weighted by Crippen LogP contribution is 2.29. The number of allylic oxidation sites excluding steroid dienone is 1. The van der Waals surface area contributed by atoms with Gasteiger partial charge in [-0.05, 0) is 12.5 Å². The maximum Gasteiger partial charge on any atom is 0.392 e. The molecule has 0 unspecified atom stereocenters. The Morgan fingerprint density at radius 1 is 1.00 bits per heavy atom. The molecule has 1 aliphatic heterocycles. The van der Waals surface area contributed by atoms with Crippen LogP contribution in [0.1, 0.15) is 30.4 Å². The maximum atomic E-state index is 12.9. The van der Waals surface area contributed by atoms with Crippen LogP contribution >= 0.6 is 0 Å². The van der Waals surface area contributed by atoms with E-state index in [-0.39, 0.29) is 0 Å². The van der Waals surface area contributed by atoms with Crippen molar-refractivity contribution < 1.29 is 40.7 Å². The van der Waals surface area contributed by atoms with Crippen LogP contribution in [0.5, 0.6) is 0 Å². The van der Waals surface area contributed by atoms with Crippen molar-refractivity contribution in [2.75, 3.05) is 11.9 Å². The minimum absolute atomic E-state index is 0.336. The molecule has 4 N–H and O–H groups in total. The van der Waals surface area contributed by atoms with Crippen LogP contribution in [0, 0.1) is 5.92 Å². The van der Waals surface area contributed by atoms with Crippen molar-refractivity contribution in [3.05, 3.63) is 77.4 Å². The molecule has 0 aliphatic carbocycles. The first kappa shape index (κ1) is 29.4. The predicted octanol–water partition coefficient (Wildman–Crippen LogP) is 4.28. The molecule has 208 valence electrons. The fourth-order valence-electron chi connectivity index (χ4n) is 3.93. The number of nitrogens with zero attached hydrogens (tertiary/aromatic N) is 1. The second kappa shape index (κ2) is 12.1. The first-order chi connectivity index (χ1) is 18.2. The number of fused-ring (bicyclic) bond motifs is 1. The van der Waals surface area contributed by atoms with Crippen LogP contribution in [0.15, 0.2) is 71.2 Å². The number of carbonyl (C=O) groups excluding carboxylic acids is 3. The molecule has 3 rings (SSSR count). The molecule has 2 aromatic rings. The van der Waals surface area contributed by atoms with E-state index in [0.29, 0.717) is 28.6 Å². The summed E-state index contributed by atoms with van der Waals surface area (Å²) in [5.41, 5.74) is 6.36. The third kappa shape index (κ3) is 8.42. The molecule has 39 heavy (non-hydrogen) atoms. The Hall–Kier alpha value is -4.16. The van der Waals surface area contributed by atoms with E-state index in [1.54, 1.807) is 54.6 Å². The summed E-state index contributed by atoms with van der Waals surface area (Å²) in [4.78, 5) is 42.2. The first-order valence-corrected chi connectivity index (χ1v) is 11.7. The van der Waals surface area contributed by atoms with Gasteiger partial charge in [-0.1, -0.05) is 54.6 Å². The molecule has 7 nitrogen and oxygen atoms in total. The van der Waals surface area contributed by atoms with Gasteiger partial charge in [0.2, 0.25) is 11.8 Å². The van der Waals surface area contributed by atoms with Gasteiger partial charge < -0.3 is 16.4 Å². The molecule has 0 saturated carbocycles. The average Bonchev–Trinajstić information content (AvgIpc) is 2.99. The fourth-order valence-corrected chi connectivity index (χ4v) is 3.93. The van der Waals surface area contributed by atoms with Gasteiger partial charge in [0.25, 0.3) is 5.91 Å². The summed E-state index contributed by atoms with van der Waals surface area (Å²) in [6.07, 6.45) is -13.5. The van der Waals surface area contributed by atoms with Gasteiger partial charge in [-0.25, -0.2) is 0 Å². The second-order valence-corrected chi connectivity index (χ2v) is 8.69. The molecule has 0 radical (unpaired) electrons. The van der Waals surface area contributed by atoms with Gasteiger partial charge in [-0.3, -0.25) is 19.4 Å². The Labute approximate surface area is 219 Å². The van der Waals surface area contributed by atoms with Crippen LogP contribution in [-0.4, -0.2) is 48.4 Å². The van der Waals surface area contributed by atoms with E-state index in [0.717, 1.165) is 0 Å². The molecule has 3 amide bonds. The molecule has 0 saturated heterocycles. The Balaban J connectivity index is 1.90. The molecular weight excluding hydrogens is 530 g/mol. The summed E-state index contributed by atoms with van der Waals surface area (Å²) in [6, 6.07) is 14.3. The lowest BCUT2D eigenvalue weighted by Gasteiger charge is -2.20. The van der Waals surface area contributed by atoms with Crippen LogP contribution in [-0.2, 0) is 14.4 Å². The number of benzene rings is 2. The largest absolute Gasteiger partial charge is 0.392 e. The van der Waals surface area contributed by atoms with Crippen molar-refractivity contribution in [2.24, 2.45) is 16.6 Å². The van der Waals surface area contributed by atoms with E-state index in [9.17, 15) is 40.7 Å². The first-order valence-electron chi connectivity index (χ1n) is 11.7. The SMILES string of the molecule is NC(=O)[C@@H](CCC(F)(F)F)/C(=C/CC(F)(F)F)C(=O)NC[C@H]1N=C(c2ccccc2)c2ccccc2NC1=O. The number of amides is 3. The highest BCUT2D eigenvalue weighted by Gasteiger charge is 2.35. The number of nitrogens with one attached hydrogen (secondary N) is 2. The van der Waals surface area contributed by atoms with Crippen LogP contribution in [0.3, 0.4) is 0 Å². The van der Waals surface area contributed by atoms with Gasteiger partial charge in [0.1, 0.15) is 6.04 Å². The number of para-hydroxylation sites is 1. The van der Waals surface area contributed by atoms with Gasteiger partial charge in [0, 0.05) is 29.7 Å². The topological polar surface area (TPSA) is 114 Å². The van der Waals surface area contributed by atoms with Gasteiger partial charge in [-0.2, -0.15) is 26.3 Å². The number of hydrogen-bond acceptors (Lipinski definition) is 4. The van der Waals surface area contributed by atoms with Gasteiger partial charge >= 0.3 is 12.4 Å². The number of carbonyl (C=O) groups is 3. The molecule has 1 heterocycles. The second-order valence-electron chi connectivity index (χ2n) is 8.69. The zero-order valence-corrected chi connectivity index (χ0v) is 20.3. The van der Waals surface area contributed by atoms with E-state index < -0.39 is 73.4 Å². The average molecular weight is 554 g/mol. The Morgan fingerprint density at radius 2 is 1.64 bits per heavy atom. The quantitative estimate of drug-likeness (QED) is 0.318. The molecule has 2 atom stereocenters. The standard InChI is InChI=1S/C26H24F6N4O3/c27-25(28,29)12-10-16(22(33)37)17(11-13-26(30,31)32)23(38)34-14-20-24(39)36-19-9-5-4-8-18(19)21(35-20)15-6-2-1-3-7-15/h1-9,11,16,20H,10,12-14H2,(H2,33,37)(H,34,38)(H,36,39)/b17-11-/t16-,20+/m0/s1. The number of halogens is 6. The Bertz CT molecular complexity index is 1270. The molecule has 13 heteroatoms. The lowest BCUT2D eigenvalue weighted by Crippen LogP contribution is -2.41. The smallest absolute Gasteiger partial charge is 0.369 e. The van der Waals surface area contributed by atoms with E-state index >= 15 is 0 Å². The lowest BCUT2D eigenvalue weighted by atomic mass is 9.91. The van der Waals surface area contributed by atoms with Crippen molar-refractivity contribution in [3.8, 4) is 0 Å². The van der Waals surface area contributed by atoms with Crippen molar-refractivity contribution in [1.82, 2.24) is 5.32 Å². The zero-order chi connectivity index (χ0) is 28.8. The molecule has 0 aromatic heterocycles. The van der Waals surface area contributed by atoms with E-state index in [1.807, 2.05) is 0 Å². The van der Waals surface area contributed by atoms with Crippen LogP contribution < -0.4 is 16.4 Å². The third-order valence-corrected chi connectivity index (χ3v) is 5.78. The van der Waals surface area contributed by atoms with Gasteiger partial charge in [0.05, 0.1) is 23.7 Å². The van der Waals surface area contributed by atoms with Crippen LogP contribution in [0.2, 0.25) is 0 Å². The number of primary amides is 1. The minimum atomic E-state index is -4.81. The van der Waals surface area contributed by atoms with Crippen LogP contribution in [0.4, 0.5) is 32.0 Å². The summed E-state index contributed by atoms with van der Waals surface area (Å²) < 4.78 is 77.0. The monoisotopic (exact) mass is 554 g/mol. The Morgan fingerprint density at radius 3 is 2.26 bits per heavy atom. The summed E-state index contributed by atoms with van der Waals surface area (Å²) in [5, 5.41) is 4.93. The molecule has 0 fully saturated rings. The lowest BCUT2D eigenvalue weighted by molar-refractivity contribution is -0.140. The number of nitrogens with two attached hydrogens (primary N) is 1. The number of hydrogen-bond donors (Lipinski definition) is 3. The third-order valence-electron chi connectivity index (χ3n) is 5.78. The maximum absolute atomic E-state index is 12.9. The molecule has 1 aliphatic rings. The van der Waals surface area contributed by atoms with E-state index in [4.69, 9.17) is 5.73 Å². The Kier molecular flexibility index (Phi) is 9.15. The number of benzodiazepines with no additional fused rings is 1. The summed E-state index contributed by atoms with van der Waals surface area (Å²) >= 11 is 0. The molecule has 0 bridgehead atoms. The number of alkyl halides is 6. The summed E-state index contributed by atoms with van der Waals surface area (Å²) in [6.45, 7) is -0.525. The minimum Gasteiger partial charge on any atom is -0.369 e. The normalized spacial score (nSPS) is 16.9. The van der Waals surface area contributed by atoms with Gasteiger partial charge in [0.15, 0.2) is 0 Å². The number of anilines is 1. The van der Waals surface area contributed by atoms with Gasteiger partial charge in [-0.15, -0.1) is 0 Å². The number of rotatable bonds is 9. The van der Waals surface area contributed by atoms with Crippen molar-refractivity contribution in [2.45, 2.75) is 37.7 Å².